The van der Waals surface area contributed by atoms with Crippen molar-refractivity contribution in [3.05, 3.63) is 0 Å². The molecule has 0 fully saturated rings. The Morgan fingerprint density at radius 1 is 0.964 bits per heavy atom. The van der Waals surface area contributed by atoms with Gasteiger partial charge in [0.1, 0.15) is 12.1 Å². The Balaban J connectivity index is 4.85. The summed E-state index contributed by atoms with van der Waals surface area (Å²) >= 11 is 0. The summed E-state index contributed by atoms with van der Waals surface area (Å²) in [6.07, 6.45) is -0.110. The lowest BCUT2D eigenvalue weighted by Gasteiger charge is -2.24. The van der Waals surface area contributed by atoms with E-state index in [2.05, 4.69) is 16.0 Å². The Morgan fingerprint density at radius 2 is 1.54 bits per heavy atom. The molecule has 11 nitrogen and oxygen atoms in total. The minimum atomic E-state index is -1.63. The van der Waals surface area contributed by atoms with Gasteiger partial charge in [0, 0.05) is 0 Å². The van der Waals surface area contributed by atoms with Crippen LogP contribution in [0.2, 0.25) is 0 Å². The number of carboxylic acids is 2. The van der Waals surface area contributed by atoms with E-state index in [4.69, 9.17) is 15.9 Å². The van der Waals surface area contributed by atoms with Crippen molar-refractivity contribution in [1.82, 2.24) is 16.0 Å². The number of hydrogen-bond donors (Lipinski definition) is 6. The number of rotatable bonds is 12. The molecule has 0 aliphatic rings. The van der Waals surface area contributed by atoms with Crippen LogP contribution in [0.3, 0.4) is 0 Å². The van der Waals surface area contributed by atoms with Gasteiger partial charge < -0.3 is 31.9 Å². The van der Waals surface area contributed by atoms with Gasteiger partial charge in [0.25, 0.3) is 0 Å². The highest BCUT2D eigenvalue weighted by Gasteiger charge is 2.30. The molecule has 7 N–H and O–H groups in total. The number of amides is 3. The second-order valence-electron chi connectivity index (χ2n) is 6.92. The van der Waals surface area contributed by atoms with Crippen molar-refractivity contribution in [2.45, 2.75) is 58.7 Å². The summed E-state index contributed by atoms with van der Waals surface area (Å²) in [5.74, 6) is -5.37. The highest BCUT2D eigenvalue weighted by molar-refractivity contribution is 5.93. The first-order chi connectivity index (χ1) is 12.9. The first-order valence-electron chi connectivity index (χ1n) is 8.98. The van der Waals surface area contributed by atoms with Gasteiger partial charge in [-0.15, -0.1) is 0 Å². The highest BCUT2D eigenvalue weighted by atomic mass is 16.4. The highest BCUT2D eigenvalue weighted by Crippen LogP contribution is 2.05. The Bertz CT molecular complexity index is 594. The van der Waals surface area contributed by atoms with Gasteiger partial charge >= 0.3 is 11.9 Å². The van der Waals surface area contributed by atoms with Crippen molar-refractivity contribution in [1.29, 1.82) is 0 Å². The fourth-order valence-electron chi connectivity index (χ4n) is 2.19. The van der Waals surface area contributed by atoms with E-state index in [9.17, 15) is 24.0 Å². The summed E-state index contributed by atoms with van der Waals surface area (Å²) < 4.78 is 0. The number of carbonyl (C=O) groups excluding carboxylic acids is 3. The lowest BCUT2D eigenvalue weighted by molar-refractivity contribution is -0.147. The molecule has 0 heterocycles. The smallest absolute Gasteiger partial charge is 0.326 e. The van der Waals surface area contributed by atoms with Crippen molar-refractivity contribution in [2.24, 2.45) is 17.6 Å². The van der Waals surface area contributed by atoms with Crippen LogP contribution in [0.4, 0.5) is 0 Å². The molecule has 160 valence electrons. The third kappa shape index (κ3) is 8.80. The van der Waals surface area contributed by atoms with Crippen molar-refractivity contribution in [3.8, 4) is 0 Å². The van der Waals surface area contributed by atoms with Crippen molar-refractivity contribution in [3.63, 3.8) is 0 Å². The van der Waals surface area contributed by atoms with Crippen LogP contribution < -0.4 is 21.7 Å². The molecule has 0 saturated heterocycles. The molecule has 3 amide bonds. The fraction of sp³-hybridized carbons (Fsp3) is 0.706. The van der Waals surface area contributed by atoms with E-state index in [1.54, 1.807) is 20.8 Å². The molecule has 0 radical (unpaired) electrons. The van der Waals surface area contributed by atoms with Gasteiger partial charge in [-0.05, 0) is 11.8 Å². The summed E-state index contributed by atoms with van der Waals surface area (Å²) in [4.78, 5) is 58.1. The largest absolute Gasteiger partial charge is 0.481 e. The summed E-state index contributed by atoms with van der Waals surface area (Å²) in [7, 11) is 0. The Labute approximate surface area is 163 Å². The van der Waals surface area contributed by atoms with Crippen LogP contribution in [0.1, 0.15) is 40.5 Å². The SMILES string of the molecule is CCC(C)C(N)C(=O)NCC(=O)NC(C(=O)NC(CC(=O)O)C(=O)O)C(C)C. The lowest BCUT2D eigenvalue weighted by atomic mass is 9.99. The molecule has 0 aliphatic heterocycles. The van der Waals surface area contributed by atoms with Crippen LogP contribution in [0, 0.1) is 11.8 Å². The Kier molecular flexibility index (Phi) is 10.8. The number of nitrogens with two attached hydrogens (primary N) is 1. The van der Waals surface area contributed by atoms with Gasteiger partial charge in [-0.1, -0.05) is 34.1 Å². The van der Waals surface area contributed by atoms with Crippen molar-refractivity contribution < 1.29 is 34.2 Å². The van der Waals surface area contributed by atoms with E-state index in [0.29, 0.717) is 6.42 Å². The molecule has 4 atom stereocenters. The summed E-state index contributed by atoms with van der Waals surface area (Å²) in [6.45, 7) is 6.52. The standard InChI is InChI=1S/C17H30N4O7/c1-5-9(4)13(18)15(25)19-7-11(22)21-14(8(2)3)16(26)20-10(17(27)28)6-12(23)24/h8-10,13-14H,5-7,18H2,1-4H3,(H,19,25)(H,20,26)(H,21,22)(H,23,24)(H,27,28). The van der Waals surface area contributed by atoms with Gasteiger partial charge in [0.05, 0.1) is 19.0 Å². The maximum atomic E-state index is 12.3. The Morgan fingerprint density at radius 3 is 1.96 bits per heavy atom. The summed E-state index contributed by atoms with van der Waals surface area (Å²) in [5.41, 5.74) is 5.77. The van der Waals surface area contributed by atoms with Crippen LogP contribution in [0.15, 0.2) is 0 Å². The van der Waals surface area contributed by atoms with Gasteiger partial charge in [-0.25, -0.2) is 4.79 Å². The molecule has 0 rings (SSSR count). The van der Waals surface area contributed by atoms with Gasteiger partial charge in [-0.2, -0.15) is 0 Å². The second-order valence-corrected chi connectivity index (χ2v) is 6.92. The van der Waals surface area contributed by atoms with Crippen molar-refractivity contribution >= 4 is 29.7 Å². The summed E-state index contributed by atoms with van der Waals surface area (Å²) in [6, 6.07) is -3.51. The maximum absolute atomic E-state index is 12.3. The number of carbonyl (C=O) groups is 5. The molecule has 0 saturated carbocycles. The van der Waals surface area contributed by atoms with Crippen LogP contribution in [0.5, 0.6) is 0 Å². The topological polar surface area (TPSA) is 188 Å². The monoisotopic (exact) mass is 402 g/mol. The van der Waals surface area contributed by atoms with E-state index in [1.807, 2.05) is 6.92 Å². The van der Waals surface area contributed by atoms with E-state index >= 15 is 0 Å². The van der Waals surface area contributed by atoms with Gasteiger partial charge in [-0.3, -0.25) is 19.2 Å². The first kappa shape index (κ1) is 25.3. The number of hydrogen-bond acceptors (Lipinski definition) is 6. The van der Waals surface area contributed by atoms with E-state index in [1.165, 1.54) is 0 Å². The molecule has 4 unspecified atom stereocenters. The minimum Gasteiger partial charge on any atom is -0.481 e. The van der Waals surface area contributed by atoms with Crippen LogP contribution in [-0.4, -0.2) is 64.5 Å². The van der Waals surface area contributed by atoms with Gasteiger partial charge in [0.15, 0.2) is 0 Å². The predicted molar refractivity (Wildman–Crippen MR) is 99.0 cm³/mol. The number of aliphatic carboxylic acids is 2. The molecule has 28 heavy (non-hydrogen) atoms. The quantitative estimate of drug-likeness (QED) is 0.231. The predicted octanol–water partition coefficient (Wildman–Crippen LogP) is -1.34. The number of carboxylic acid groups (broad SMARTS) is 2. The lowest BCUT2D eigenvalue weighted by Crippen LogP contribution is -2.56. The molecule has 0 spiro atoms. The normalized spacial score (nSPS) is 15.1. The average Bonchev–Trinajstić information content (AvgIpc) is 2.61. The van der Waals surface area contributed by atoms with Crippen LogP contribution in [-0.2, 0) is 24.0 Å². The second kappa shape index (κ2) is 11.9. The van der Waals surface area contributed by atoms with Crippen LogP contribution >= 0.6 is 0 Å². The maximum Gasteiger partial charge on any atom is 0.326 e. The molecular weight excluding hydrogens is 372 g/mol. The zero-order chi connectivity index (χ0) is 22.0. The average molecular weight is 402 g/mol. The van der Waals surface area contributed by atoms with E-state index in [0.717, 1.165) is 0 Å². The first-order valence-corrected chi connectivity index (χ1v) is 8.98. The van der Waals surface area contributed by atoms with Crippen molar-refractivity contribution in [2.75, 3.05) is 6.54 Å². The molecule has 11 heteroatoms. The molecule has 0 aromatic carbocycles. The minimum absolute atomic E-state index is 0.0700. The summed E-state index contributed by atoms with van der Waals surface area (Å²) in [5, 5.41) is 24.6. The molecular formula is C17H30N4O7. The Hall–Kier alpha value is -2.69. The zero-order valence-corrected chi connectivity index (χ0v) is 16.5. The van der Waals surface area contributed by atoms with E-state index in [-0.39, 0.29) is 5.92 Å². The number of nitrogens with one attached hydrogen (secondary N) is 3. The van der Waals surface area contributed by atoms with E-state index < -0.39 is 66.7 Å². The fourth-order valence-corrected chi connectivity index (χ4v) is 2.19. The van der Waals surface area contributed by atoms with Gasteiger partial charge in [0.2, 0.25) is 17.7 Å². The molecule has 0 aromatic rings. The molecule has 0 aromatic heterocycles. The molecule has 0 aliphatic carbocycles. The van der Waals surface area contributed by atoms with Crippen LogP contribution in [0.25, 0.3) is 0 Å². The zero-order valence-electron chi connectivity index (χ0n) is 16.5. The third-order valence-corrected chi connectivity index (χ3v) is 4.24. The third-order valence-electron chi connectivity index (χ3n) is 4.24. The molecule has 0 bridgehead atoms.